The van der Waals surface area contributed by atoms with E-state index in [2.05, 4.69) is 17.9 Å². The fraction of sp³-hybridized carbons (Fsp3) is 0.562. The van der Waals surface area contributed by atoms with Gasteiger partial charge < -0.3 is 9.47 Å². The van der Waals surface area contributed by atoms with Crippen LogP contribution in [-0.2, 0) is 9.53 Å². The molecule has 1 aromatic carbocycles. The molecule has 0 aromatic heterocycles. The molecule has 110 valence electrons. The summed E-state index contributed by atoms with van der Waals surface area (Å²) in [5.41, 5.74) is 1.20. The summed E-state index contributed by atoms with van der Waals surface area (Å²) in [6.07, 6.45) is 1.98. The van der Waals surface area contributed by atoms with Crippen LogP contribution < -0.4 is 4.74 Å². The van der Waals surface area contributed by atoms with Crippen molar-refractivity contribution in [3.05, 3.63) is 29.8 Å². The zero-order valence-corrected chi connectivity index (χ0v) is 12.3. The van der Waals surface area contributed by atoms with Crippen LogP contribution in [0.15, 0.2) is 24.3 Å². The molecular formula is C16H23NO3. The van der Waals surface area contributed by atoms with Gasteiger partial charge in [0.1, 0.15) is 12.4 Å². The predicted octanol–water partition coefficient (Wildman–Crippen LogP) is 2.26. The smallest absolute Gasteiger partial charge is 0.309 e. The first kappa shape index (κ1) is 14.9. The minimum atomic E-state index is -0.0886. The van der Waals surface area contributed by atoms with Crippen molar-refractivity contribution in [3.63, 3.8) is 0 Å². The van der Waals surface area contributed by atoms with E-state index in [0.29, 0.717) is 6.61 Å². The Morgan fingerprint density at radius 2 is 2.30 bits per heavy atom. The van der Waals surface area contributed by atoms with E-state index in [9.17, 15) is 4.79 Å². The van der Waals surface area contributed by atoms with Crippen LogP contribution in [0.5, 0.6) is 5.75 Å². The summed E-state index contributed by atoms with van der Waals surface area (Å²) in [6, 6.07) is 8.06. The minimum Gasteiger partial charge on any atom is -0.492 e. The second-order valence-electron chi connectivity index (χ2n) is 5.33. The van der Waals surface area contributed by atoms with Crippen LogP contribution in [0.25, 0.3) is 0 Å². The summed E-state index contributed by atoms with van der Waals surface area (Å²) >= 11 is 0. The number of carbonyl (C=O) groups excluding carboxylic acids is 1. The number of ether oxygens (including phenoxy) is 2. The van der Waals surface area contributed by atoms with Gasteiger partial charge in [0.15, 0.2) is 0 Å². The summed E-state index contributed by atoms with van der Waals surface area (Å²) in [4.78, 5) is 13.8. The molecule has 1 unspecified atom stereocenters. The molecule has 1 aliphatic heterocycles. The van der Waals surface area contributed by atoms with Crippen LogP contribution in [0.3, 0.4) is 0 Å². The van der Waals surface area contributed by atoms with Crippen molar-refractivity contribution in [2.45, 2.75) is 19.8 Å². The van der Waals surface area contributed by atoms with Crippen LogP contribution >= 0.6 is 0 Å². The number of methoxy groups -OCH3 is 1. The van der Waals surface area contributed by atoms with E-state index >= 15 is 0 Å². The van der Waals surface area contributed by atoms with Gasteiger partial charge in [-0.15, -0.1) is 0 Å². The molecule has 1 fully saturated rings. The normalized spacial score (nSPS) is 19.6. The first-order chi connectivity index (χ1) is 9.69. The highest BCUT2D eigenvalue weighted by atomic mass is 16.5. The summed E-state index contributed by atoms with van der Waals surface area (Å²) in [7, 11) is 1.46. The lowest BCUT2D eigenvalue weighted by molar-refractivity contribution is -0.147. The number of aryl methyl sites for hydroxylation is 1. The number of esters is 1. The zero-order valence-electron chi connectivity index (χ0n) is 12.3. The van der Waals surface area contributed by atoms with E-state index in [1.807, 2.05) is 18.2 Å². The second kappa shape index (κ2) is 7.29. The SMILES string of the molecule is COC(=O)C1CCCN(CCOc2cccc(C)c2)C1. The highest BCUT2D eigenvalue weighted by molar-refractivity contribution is 5.72. The molecule has 2 rings (SSSR count). The molecule has 4 nitrogen and oxygen atoms in total. The maximum absolute atomic E-state index is 11.6. The van der Waals surface area contributed by atoms with Gasteiger partial charge in [0, 0.05) is 13.1 Å². The molecule has 0 spiro atoms. The summed E-state index contributed by atoms with van der Waals surface area (Å²) in [5, 5.41) is 0. The lowest BCUT2D eigenvalue weighted by Crippen LogP contribution is -2.41. The lowest BCUT2D eigenvalue weighted by atomic mass is 9.98. The number of nitrogens with zero attached hydrogens (tertiary/aromatic N) is 1. The van der Waals surface area contributed by atoms with E-state index < -0.39 is 0 Å². The molecule has 1 aromatic rings. The van der Waals surface area contributed by atoms with Crippen molar-refractivity contribution in [2.75, 3.05) is 33.4 Å². The Balaban J connectivity index is 1.75. The van der Waals surface area contributed by atoms with Gasteiger partial charge in [0.05, 0.1) is 13.0 Å². The van der Waals surface area contributed by atoms with E-state index in [-0.39, 0.29) is 11.9 Å². The van der Waals surface area contributed by atoms with Crippen LogP contribution in [0.2, 0.25) is 0 Å². The summed E-state index contributed by atoms with van der Waals surface area (Å²) < 4.78 is 10.6. The fourth-order valence-corrected chi connectivity index (χ4v) is 2.62. The number of rotatable bonds is 5. The molecule has 0 N–H and O–H groups in total. The second-order valence-corrected chi connectivity index (χ2v) is 5.33. The topological polar surface area (TPSA) is 38.8 Å². The number of piperidine rings is 1. The Kier molecular flexibility index (Phi) is 5.41. The number of hydrogen-bond acceptors (Lipinski definition) is 4. The van der Waals surface area contributed by atoms with Crippen LogP contribution in [0.4, 0.5) is 0 Å². The molecule has 1 aliphatic rings. The number of likely N-dealkylation sites (tertiary alicyclic amines) is 1. The maximum atomic E-state index is 11.6. The van der Waals surface area contributed by atoms with Gasteiger partial charge in [-0.05, 0) is 44.0 Å². The van der Waals surface area contributed by atoms with Crippen LogP contribution in [0.1, 0.15) is 18.4 Å². The fourth-order valence-electron chi connectivity index (χ4n) is 2.62. The van der Waals surface area contributed by atoms with Gasteiger partial charge >= 0.3 is 5.97 Å². The largest absolute Gasteiger partial charge is 0.492 e. The molecular weight excluding hydrogens is 254 g/mol. The predicted molar refractivity (Wildman–Crippen MR) is 77.9 cm³/mol. The van der Waals surface area contributed by atoms with Crippen molar-refractivity contribution in [3.8, 4) is 5.75 Å². The van der Waals surface area contributed by atoms with Crippen molar-refractivity contribution in [2.24, 2.45) is 5.92 Å². The first-order valence-electron chi connectivity index (χ1n) is 7.18. The number of benzene rings is 1. The van der Waals surface area contributed by atoms with Gasteiger partial charge in [-0.3, -0.25) is 9.69 Å². The quantitative estimate of drug-likeness (QED) is 0.774. The van der Waals surface area contributed by atoms with Crippen molar-refractivity contribution >= 4 is 5.97 Å². The molecule has 1 atom stereocenters. The average Bonchev–Trinajstić information content (AvgIpc) is 2.47. The summed E-state index contributed by atoms with van der Waals surface area (Å²) in [6.45, 7) is 5.37. The monoisotopic (exact) mass is 277 g/mol. The highest BCUT2D eigenvalue weighted by Crippen LogP contribution is 2.18. The molecule has 0 saturated carbocycles. The van der Waals surface area contributed by atoms with Crippen LogP contribution in [-0.4, -0.2) is 44.2 Å². The zero-order chi connectivity index (χ0) is 14.4. The molecule has 1 heterocycles. The van der Waals surface area contributed by atoms with Crippen molar-refractivity contribution in [1.29, 1.82) is 0 Å². The minimum absolute atomic E-state index is 0.0210. The standard InChI is InChI=1S/C16H23NO3/c1-13-5-3-7-15(11-13)20-10-9-17-8-4-6-14(12-17)16(18)19-2/h3,5,7,11,14H,4,6,8-10,12H2,1-2H3. The molecule has 0 amide bonds. The highest BCUT2D eigenvalue weighted by Gasteiger charge is 2.26. The lowest BCUT2D eigenvalue weighted by Gasteiger charge is -2.31. The van der Waals surface area contributed by atoms with Gasteiger partial charge in [0.25, 0.3) is 0 Å². The number of hydrogen-bond donors (Lipinski definition) is 0. The third kappa shape index (κ3) is 4.23. The molecule has 0 aliphatic carbocycles. The Bertz CT molecular complexity index is 447. The van der Waals surface area contributed by atoms with Crippen LogP contribution in [0, 0.1) is 12.8 Å². The van der Waals surface area contributed by atoms with Gasteiger partial charge in [-0.1, -0.05) is 12.1 Å². The molecule has 1 saturated heterocycles. The third-order valence-electron chi connectivity index (χ3n) is 3.71. The van der Waals surface area contributed by atoms with E-state index in [4.69, 9.17) is 9.47 Å². The third-order valence-corrected chi connectivity index (χ3v) is 3.71. The van der Waals surface area contributed by atoms with Gasteiger partial charge in [0.2, 0.25) is 0 Å². The van der Waals surface area contributed by atoms with Crippen molar-refractivity contribution in [1.82, 2.24) is 4.90 Å². The molecule has 0 bridgehead atoms. The Hall–Kier alpha value is -1.55. The summed E-state index contributed by atoms with van der Waals surface area (Å²) in [5.74, 6) is 0.841. The molecule has 20 heavy (non-hydrogen) atoms. The Labute approximate surface area is 120 Å². The van der Waals surface area contributed by atoms with Crippen molar-refractivity contribution < 1.29 is 14.3 Å². The van der Waals surface area contributed by atoms with E-state index in [0.717, 1.165) is 38.2 Å². The van der Waals surface area contributed by atoms with Gasteiger partial charge in [-0.25, -0.2) is 0 Å². The first-order valence-corrected chi connectivity index (χ1v) is 7.18. The Morgan fingerprint density at radius 1 is 1.45 bits per heavy atom. The Morgan fingerprint density at radius 3 is 3.05 bits per heavy atom. The number of carbonyl (C=O) groups is 1. The maximum Gasteiger partial charge on any atom is 0.309 e. The van der Waals surface area contributed by atoms with Gasteiger partial charge in [-0.2, -0.15) is 0 Å². The van der Waals surface area contributed by atoms with E-state index in [1.54, 1.807) is 0 Å². The molecule has 4 heteroatoms. The van der Waals surface area contributed by atoms with E-state index in [1.165, 1.54) is 12.7 Å². The average molecular weight is 277 g/mol. The molecule has 0 radical (unpaired) electrons.